The van der Waals surface area contributed by atoms with Crippen molar-refractivity contribution >= 4 is 5.91 Å². The Kier molecular flexibility index (Phi) is 5.96. The van der Waals surface area contributed by atoms with Crippen molar-refractivity contribution < 1.29 is 9.90 Å². The van der Waals surface area contributed by atoms with Gasteiger partial charge in [0.25, 0.3) is 0 Å². The van der Waals surface area contributed by atoms with E-state index in [9.17, 15) is 4.79 Å². The average Bonchev–Trinajstić information content (AvgIpc) is 2.38. The molecule has 0 saturated carbocycles. The molecule has 1 amide bonds. The molecule has 0 atom stereocenters. The number of benzene rings is 1. The minimum atomic E-state index is 0.0838. The van der Waals surface area contributed by atoms with Crippen LogP contribution in [0.3, 0.4) is 0 Å². The van der Waals surface area contributed by atoms with E-state index >= 15 is 0 Å². The summed E-state index contributed by atoms with van der Waals surface area (Å²) in [4.78, 5) is 13.2. The maximum absolute atomic E-state index is 11.5. The molecule has 0 saturated heterocycles. The number of aliphatic hydroxyl groups is 1. The van der Waals surface area contributed by atoms with Gasteiger partial charge in [-0.05, 0) is 17.7 Å². The Balaban J connectivity index is 2.71. The zero-order valence-electron chi connectivity index (χ0n) is 10.9. The van der Waals surface area contributed by atoms with Gasteiger partial charge in [0.2, 0.25) is 5.91 Å². The smallest absolute Gasteiger partial charge is 0.222 e. The predicted molar refractivity (Wildman–Crippen MR) is 71.8 cm³/mol. The van der Waals surface area contributed by atoms with Crippen LogP contribution in [0.1, 0.15) is 30.9 Å². The third kappa shape index (κ3) is 4.60. The first-order valence-electron chi connectivity index (χ1n) is 6.10. The fourth-order valence-corrected chi connectivity index (χ4v) is 1.60. The average molecular weight is 245 g/mol. The molecule has 1 N–H and O–H groups in total. The van der Waals surface area contributed by atoms with Crippen molar-refractivity contribution in [3.05, 3.63) is 35.4 Å². The van der Waals surface area contributed by atoms with Crippen LogP contribution in [-0.4, -0.2) is 29.6 Å². The standard InChI is InChI=1S/C15H19NO2/c1-3-15(18)16(2)12-14-9-6-8-13(11-14)7-4-5-10-17/h6,8-9,11,17H,3,5,10,12H2,1-2H3. The molecule has 0 heterocycles. The van der Waals surface area contributed by atoms with E-state index in [1.54, 1.807) is 11.9 Å². The molecule has 1 rings (SSSR count). The summed E-state index contributed by atoms with van der Waals surface area (Å²) in [6.07, 6.45) is 1.00. The Morgan fingerprint density at radius 3 is 2.89 bits per heavy atom. The summed E-state index contributed by atoms with van der Waals surface area (Å²) < 4.78 is 0. The van der Waals surface area contributed by atoms with Crippen molar-refractivity contribution in [2.24, 2.45) is 0 Å². The summed E-state index contributed by atoms with van der Waals surface area (Å²) in [5.74, 6) is 6.01. The highest BCUT2D eigenvalue weighted by Gasteiger charge is 2.06. The number of hydrogen-bond acceptors (Lipinski definition) is 2. The highest BCUT2D eigenvalue weighted by atomic mass is 16.2. The lowest BCUT2D eigenvalue weighted by Gasteiger charge is -2.16. The summed E-state index contributed by atoms with van der Waals surface area (Å²) in [6, 6.07) is 7.82. The topological polar surface area (TPSA) is 40.5 Å². The second-order valence-electron chi connectivity index (χ2n) is 4.08. The molecular weight excluding hydrogens is 226 g/mol. The molecule has 0 aromatic heterocycles. The Hall–Kier alpha value is -1.79. The van der Waals surface area contributed by atoms with Gasteiger partial charge in [0.1, 0.15) is 0 Å². The Morgan fingerprint density at radius 1 is 1.44 bits per heavy atom. The van der Waals surface area contributed by atoms with E-state index < -0.39 is 0 Å². The second kappa shape index (κ2) is 7.52. The molecule has 1 aromatic rings. The normalized spacial score (nSPS) is 9.50. The van der Waals surface area contributed by atoms with E-state index in [1.807, 2.05) is 31.2 Å². The fraction of sp³-hybridized carbons (Fsp3) is 0.400. The van der Waals surface area contributed by atoms with E-state index in [4.69, 9.17) is 5.11 Å². The molecule has 0 unspecified atom stereocenters. The van der Waals surface area contributed by atoms with Gasteiger partial charge >= 0.3 is 0 Å². The van der Waals surface area contributed by atoms with Crippen LogP contribution in [0.4, 0.5) is 0 Å². The first-order valence-corrected chi connectivity index (χ1v) is 6.10. The van der Waals surface area contributed by atoms with Gasteiger partial charge in [-0.15, -0.1) is 0 Å². The lowest BCUT2D eigenvalue weighted by atomic mass is 10.1. The van der Waals surface area contributed by atoms with Crippen LogP contribution < -0.4 is 0 Å². The number of carbonyl (C=O) groups excluding carboxylic acids is 1. The van der Waals surface area contributed by atoms with Crippen LogP contribution in [0.15, 0.2) is 24.3 Å². The summed E-state index contributed by atoms with van der Waals surface area (Å²) in [6.45, 7) is 2.54. The van der Waals surface area contributed by atoms with Crippen molar-refractivity contribution in [3.63, 3.8) is 0 Å². The van der Waals surface area contributed by atoms with Crippen LogP contribution in [0, 0.1) is 11.8 Å². The first kappa shape index (κ1) is 14.3. The lowest BCUT2D eigenvalue weighted by Crippen LogP contribution is -2.25. The molecule has 0 aliphatic heterocycles. The monoisotopic (exact) mass is 245 g/mol. The minimum Gasteiger partial charge on any atom is -0.395 e. The summed E-state index contributed by atoms with van der Waals surface area (Å²) in [5, 5.41) is 8.66. The third-order valence-corrected chi connectivity index (χ3v) is 2.54. The van der Waals surface area contributed by atoms with Crippen molar-refractivity contribution in [2.45, 2.75) is 26.3 Å². The molecule has 0 radical (unpaired) electrons. The zero-order valence-corrected chi connectivity index (χ0v) is 10.9. The maximum atomic E-state index is 11.5. The summed E-state index contributed by atoms with van der Waals surface area (Å²) in [5.41, 5.74) is 1.98. The van der Waals surface area contributed by atoms with E-state index in [0.29, 0.717) is 19.4 Å². The Bertz CT molecular complexity index is 457. The fourth-order valence-electron chi connectivity index (χ4n) is 1.60. The van der Waals surface area contributed by atoms with Crippen LogP contribution in [0.25, 0.3) is 0 Å². The molecular formula is C15H19NO2. The van der Waals surface area contributed by atoms with E-state index in [0.717, 1.165) is 11.1 Å². The maximum Gasteiger partial charge on any atom is 0.222 e. The van der Waals surface area contributed by atoms with Crippen molar-refractivity contribution in [1.29, 1.82) is 0 Å². The van der Waals surface area contributed by atoms with Crippen LogP contribution >= 0.6 is 0 Å². The quantitative estimate of drug-likeness (QED) is 0.822. The zero-order chi connectivity index (χ0) is 13.4. The molecule has 96 valence electrons. The van der Waals surface area contributed by atoms with Gasteiger partial charge in [-0.1, -0.05) is 30.9 Å². The Morgan fingerprint density at radius 2 is 2.22 bits per heavy atom. The van der Waals surface area contributed by atoms with Gasteiger partial charge in [-0.3, -0.25) is 4.79 Å². The molecule has 3 heteroatoms. The van der Waals surface area contributed by atoms with Gasteiger partial charge in [0.15, 0.2) is 0 Å². The molecule has 0 fully saturated rings. The van der Waals surface area contributed by atoms with E-state index in [-0.39, 0.29) is 12.5 Å². The molecule has 18 heavy (non-hydrogen) atoms. The molecule has 0 bridgehead atoms. The van der Waals surface area contributed by atoms with Gasteiger partial charge in [-0.25, -0.2) is 0 Å². The van der Waals surface area contributed by atoms with Gasteiger partial charge in [-0.2, -0.15) is 0 Å². The van der Waals surface area contributed by atoms with Gasteiger partial charge < -0.3 is 10.0 Å². The number of aliphatic hydroxyl groups excluding tert-OH is 1. The van der Waals surface area contributed by atoms with Crippen LogP contribution in [-0.2, 0) is 11.3 Å². The largest absolute Gasteiger partial charge is 0.395 e. The molecule has 0 aliphatic rings. The predicted octanol–water partition coefficient (Wildman–Crippen LogP) is 1.79. The first-order chi connectivity index (χ1) is 8.67. The van der Waals surface area contributed by atoms with E-state index in [1.165, 1.54) is 0 Å². The van der Waals surface area contributed by atoms with Crippen molar-refractivity contribution in [2.75, 3.05) is 13.7 Å². The summed E-state index contributed by atoms with van der Waals surface area (Å²) in [7, 11) is 1.80. The molecule has 0 spiro atoms. The molecule has 1 aromatic carbocycles. The van der Waals surface area contributed by atoms with Gasteiger partial charge in [0, 0.05) is 32.0 Å². The van der Waals surface area contributed by atoms with Crippen LogP contribution in [0.2, 0.25) is 0 Å². The Labute approximate surface area is 108 Å². The number of amides is 1. The number of nitrogens with zero attached hydrogens (tertiary/aromatic N) is 1. The van der Waals surface area contributed by atoms with Crippen LogP contribution in [0.5, 0.6) is 0 Å². The second-order valence-corrected chi connectivity index (χ2v) is 4.08. The summed E-state index contributed by atoms with van der Waals surface area (Å²) >= 11 is 0. The molecule has 0 aliphatic carbocycles. The van der Waals surface area contributed by atoms with Crippen molar-refractivity contribution in [3.8, 4) is 11.8 Å². The highest BCUT2D eigenvalue weighted by Crippen LogP contribution is 2.07. The highest BCUT2D eigenvalue weighted by molar-refractivity contribution is 5.75. The number of hydrogen-bond donors (Lipinski definition) is 1. The van der Waals surface area contributed by atoms with Crippen molar-refractivity contribution in [1.82, 2.24) is 4.90 Å². The SMILES string of the molecule is CCC(=O)N(C)Cc1cccc(C#CCCO)c1. The number of rotatable bonds is 4. The number of carbonyl (C=O) groups is 1. The molecule has 3 nitrogen and oxygen atoms in total. The third-order valence-electron chi connectivity index (χ3n) is 2.54. The van der Waals surface area contributed by atoms with E-state index in [2.05, 4.69) is 11.8 Å². The van der Waals surface area contributed by atoms with Gasteiger partial charge in [0.05, 0.1) is 6.61 Å². The lowest BCUT2D eigenvalue weighted by molar-refractivity contribution is -0.130. The minimum absolute atomic E-state index is 0.0838.